The highest BCUT2D eigenvalue weighted by molar-refractivity contribution is 7.99. The molecule has 2 rings (SSSR count). The number of aliphatic carboxylic acids is 1. The monoisotopic (exact) mass is 501 g/mol. The highest BCUT2D eigenvalue weighted by atomic mass is 32.2. The fourth-order valence-electron chi connectivity index (χ4n) is 3.20. The van der Waals surface area contributed by atoms with Gasteiger partial charge < -0.3 is 25.7 Å². The molecule has 9 nitrogen and oxygen atoms in total. The molecular weight excluding hydrogens is 470 g/mol. The lowest BCUT2D eigenvalue weighted by atomic mass is 10.1. The van der Waals surface area contributed by atoms with Crippen LogP contribution in [0.3, 0.4) is 0 Å². The molecule has 0 aliphatic heterocycles. The number of nitrogens with two attached hydrogens (primary N) is 1. The van der Waals surface area contributed by atoms with Gasteiger partial charge in [-0.2, -0.15) is 0 Å². The first kappa shape index (κ1) is 28.0. The van der Waals surface area contributed by atoms with Gasteiger partial charge in [-0.3, -0.25) is 14.9 Å². The predicted octanol–water partition coefficient (Wildman–Crippen LogP) is 2.02. The number of carbonyl (C=O) groups is 4. The van der Waals surface area contributed by atoms with E-state index in [-0.39, 0.29) is 19.4 Å². The second kappa shape index (κ2) is 14.9. The summed E-state index contributed by atoms with van der Waals surface area (Å²) in [5.74, 6) is -1.72. The van der Waals surface area contributed by atoms with Crippen molar-refractivity contribution in [3.63, 3.8) is 0 Å². The van der Waals surface area contributed by atoms with Crippen LogP contribution in [0.1, 0.15) is 36.9 Å². The Morgan fingerprint density at radius 3 is 2.29 bits per heavy atom. The Labute approximate surface area is 208 Å². The molecule has 0 bridgehead atoms. The molecule has 1 unspecified atom stereocenters. The second-order valence-electron chi connectivity index (χ2n) is 7.69. The number of thioether (sulfide) groups is 1. The number of benzene rings is 2. The van der Waals surface area contributed by atoms with Gasteiger partial charge in [0.05, 0.1) is 12.0 Å². The number of aldehydes is 1. The molecule has 5 N–H and O–H groups in total. The van der Waals surface area contributed by atoms with Crippen molar-refractivity contribution in [2.24, 2.45) is 5.73 Å². The van der Waals surface area contributed by atoms with E-state index in [1.807, 2.05) is 36.4 Å². The predicted molar refractivity (Wildman–Crippen MR) is 133 cm³/mol. The quantitative estimate of drug-likeness (QED) is 0.163. The van der Waals surface area contributed by atoms with E-state index in [9.17, 15) is 19.2 Å². The lowest BCUT2D eigenvalue weighted by Gasteiger charge is -2.29. The van der Waals surface area contributed by atoms with Crippen LogP contribution in [-0.2, 0) is 29.7 Å². The van der Waals surface area contributed by atoms with Gasteiger partial charge in [0.15, 0.2) is 0 Å². The van der Waals surface area contributed by atoms with Crippen molar-refractivity contribution < 1.29 is 29.0 Å². The first-order valence-electron chi connectivity index (χ1n) is 11.2. The Hall–Kier alpha value is -3.21. The van der Waals surface area contributed by atoms with E-state index in [0.717, 1.165) is 5.56 Å². The summed E-state index contributed by atoms with van der Waals surface area (Å²) >= 11 is 1.35. The Bertz CT molecular complexity index is 960. The fraction of sp³-hybridized carbons (Fsp3) is 0.360. The van der Waals surface area contributed by atoms with Crippen molar-refractivity contribution >= 4 is 35.9 Å². The highest BCUT2D eigenvalue weighted by Gasteiger charge is 2.31. The summed E-state index contributed by atoms with van der Waals surface area (Å²) in [6.45, 7) is 1.89. The number of rotatable bonds is 15. The third-order valence-corrected chi connectivity index (χ3v) is 6.35. The van der Waals surface area contributed by atoms with E-state index in [4.69, 9.17) is 15.6 Å². The molecule has 4 atom stereocenters. The van der Waals surface area contributed by atoms with Crippen LogP contribution >= 0.6 is 11.8 Å². The molecule has 10 heteroatoms. The highest BCUT2D eigenvalue weighted by Crippen LogP contribution is 2.24. The summed E-state index contributed by atoms with van der Waals surface area (Å²) in [4.78, 5) is 48.2. The molecule has 188 valence electrons. The Kier molecular flexibility index (Phi) is 12.0. The zero-order chi connectivity index (χ0) is 25.6. The minimum absolute atomic E-state index is 0.0720. The topological polar surface area (TPSA) is 148 Å². The molecule has 0 spiro atoms. The third kappa shape index (κ3) is 9.51. The molecule has 0 aliphatic carbocycles. The number of ether oxygens (including phenoxy) is 1. The smallest absolute Gasteiger partial charge is 0.327 e. The summed E-state index contributed by atoms with van der Waals surface area (Å²) in [5, 5.41) is 14.1. The maximum absolute atomic E-state index is 12.8. The number of hydrogen-bond acceptors (Lipinski definition) is 8. The van der Waals surface area contributed by atoms with Crippen molar-refractivity contribution in [1.29, 1.82) is 0 Å². The van der Waals surface area contributed by atoms with Gasteiger partial charge in [0.1, 0.15) is 24.4 Å². The van der Waals surface area contributed by atoms with Gasteiger partial charge in [0, 0.05) is 12.2 Å². The van der Waals surface area contributed by atoms with Crippen LogP contribution in [0.4, 0.5) is 0 Å². The van der Waals surface area contributed by atoms with E-state index in [1.165, 1.54) is 11.8 Å². The molecule has 0 aliphatic rings. The zero-order valence-corrected chi connectivity index (χ0v) is 20.3. The average molecular weight is 502 g/mol. The molecule has 2 aromatic rings. The zero-order valence-electron chi connectivity index (χ0n) is 19.5. The standard InChI is InChI=1S/C25H31N3O6S/c1-2-34-25(33)22(18-11-7-4-8-12-18)28-23(35-16-17-9-5-3-6-10-17)20(15-29)27-21(30)14-13-19(26)24(31)32/h3-12,15,19-20,22-23,28H,2,13-14,16,26H2,1H3,(H,27,30)(H,31,32)/t19-,20+,22+,23?/m0/s1. The van der Waals surface area contributed by atoms with Crippen LogP contribution in [-0.4, -0.2) is 53.3 Å². The molecule has 0 heterocycles. The minimum Gasteiger partial charge on any atom is -0.480 e. The number of esters is 1. The van der Waals surface area contributed by atoms with E-state index < -0.39 is 41.3 Å². The van der Waals surface area contributed by atoms with Gasteiger partial charge >= 0.3 is 11.9 Å². The number of hydrogen-bond donors (Lipinski definition) is 4. The number of amides is 1. The molecule has 0 saturated heterocycles. The van der Waals surface area contributed by atoms with Gasteiger partial charge in [-0.1, -0.05) is 60.7 Å². The van der Waals surface area contributed by atoms with Crippen LogP contribution in [0.25, 0.3) is 0 Å². The van der Waals surface area contributed by atoms with Crippen molar-refractivity contribution in [2.45, 2.75) is 49.0 Å². The normalized spacial score (nSPS) is 14.2. The SMILES string of the molecule is CCOC(=O)[C@H](NC(SCc1ccccc1)[C@@H](C=O)NC(=O)CC[C@H](N)C(=O)O)c1ccccc1. The number of carboxylic acid groups (broad SMARTS) is 1. The van der Waals surface area contributed by atoms with Crippen LogP contribution in [0, 0.1) is 0 Å². The molecule has 0 saturated carbocycles. The van der Waals surface area contributed by atoms with Crippen LogP contribution < -0.4 is 16.4 Å². The van der Waals surface area contributed by atoms with Gasteiger partial charge in [-0.15, -0.1) is 11.8 Å². The minimum atomic E-state index is -1.21. The molecule has 0 aromatic heterocycles. The summed E-state index contributed by atoms with van der Waals surface area (Å²) in [5.41, 5.74) is 7.13. The summed E-state index contributed by atoms with van der Waals surface area (Å²) < 4.78 is 5.25. The maximum Gasteiger partial charge on any atom is 0.327 e. The van der Waals surface area contributed by atoms with Gasteiger partial charge in [0.2, 0.25) is 5.91 Å². The van der Waals surface area contributed by atoms with Crippen molar-refractivity contribution in [1.82, 2.24) is 10.6 Å². The Morgan fingerprint density at radius 2 is 1.71 bits per heavy atom. The molecule has 2 aromatic carbocycles. The Morgan fingerprint density at radius 1 is 1.09 bits per heavy atom. The molecular formula is C25H31N3O6S. The van der Waals surface area contributed by atoms with Crippen molar-refractivity contribution in [3.05, 3.63) is 71.8 Å². The third-order valence-electron chi connectivity index (χ3n) is 5.06. The number of carbonyl (C=O) groups excluding carboxylic acids is 3. The van der Waals surface area contributed by atoms with Gasteiger partial charge in [-0.05, 0) is 24.5 Å². The molecule has 1 amide bonds. The summed E-state index contributed by atoms with van der Waals surface area (Å²) in [7, 11) is 0. The summed E-state index contributed by atoms with van der Waals surface area (Å²) in [6, 6.07) is 15.5. The number of nitrogens with one attached hydrogen (secondary N) is 2. The van der Waals surface area contributed by atoms with E-state index in [0.29, 0.717) is 17.6 Å². The second-order valence-corrected chi connectivity index (χ2v) is 8.82. The van der Waals surface area contributed by atoms with Crippen molar-refractivity contribution in [2.75, 3.05) is 6.61 Å². The average Bonchev–Trinajstić information content (AvgIpc) is 2.87. The maximum atomic E-state index is 12.8. The molecule has 0 fully saturated rings. The fourth-order valence-corrected chi connectivity index (χ4v) is 4.34. The van der Waals surface area contributed by atoms with E-state index >= 15 is 0 Å². The van der Waals surface area contributed by atoms with Crippen LogP contribution in [0.15, 0.2) is 60.7 Å². The molecule has 0 radical (unpaired) electrons. The summed E-state index contributed by atoms with van der Waals surface area (Å²) in [6.07, 6.45) is 0.364. The first-order valence-corrected chi connectivity index (χ1v) is 12.3. The molecule has 35 heavy (non-hydrogen) atoms. The van der Waals surface area contributed by atoms with Crippen molar-refractivity contribution in [3.8, 4) is 0 Å². The van der Waals surface area contributed by atoms with Crippen LogP contribution in [0.2, 0.25) is 0 Å². The lowest BCUT2D eigenvalue weighted by Crippen LogP contribution is -2.51. The largest absolute Gasteiger partial charge is 0.480 e. The van der Waals surface area contributed by atoms with Gasteiger partial charge in [-0.25, -0.2) is 4.79 Å². The van der Waals surface area contributed by atoms with E-state index in [2.05, 4.69) is 10.6 Å². The van der Waals surface area contributed by atoms with E-state index in [1.54, 1.807) is 31.2 Å². The lowest BCUT2D eigenvalue weighted by molar-refractivity contribution is -0.146. The number of carboxylic acids is 1. The first-order chi connectivity index (χ1) is 16.8. The Balaban J connectivity index is 2.23. The van der Waals surface area contributed by atoms with Gasteiger partial charge in [0.25, 0.3) is 0 Å². The van der Waals surface area contributed by atoms with Crippen LogP contribution in [0.5, 0.6) is 0 Å².